The molecule has 0 aliphatic carbocycles. The van der Waals surface area contributed by atoms with Crippen LogP contribution in [-0.2, 0) is 35.1 Å². The summed E-state index contributed by atoms with van der Waals surface area (Å²) in [5.74, 6) is -2.53. The van der Waals surface area contributed by atoms with Gasteiger partial charge in [0.05, 0.1) is 5.52 Å². The maximum atomic E-state index is 13.8. The highest BCUT2D eigenvalue weighted by atomic mass is 16.6. The second-order valence-corrected chi connectivity index (χ2v) is 12.7. The molecule has 2 heterocycles. The second kappa shape index (κ2) is 15.5. The third kappa shape index (κ3) is 10.3. The topological polar surface area (TPSA) is 177 Å². The molecular formula is C32H46N6O7. The average Bonchev–Trinajstić information content (AvgIpc) is 3.32. The van der Waals surface area contributed by atoms with Crippen LogP contribution >= 0.6 is 0 Å². The molecule has 1 saturated heterocycles. The van der Waals surface area contributed by atoms with Gasteiger partial charge in [-0.1, -0.05) is 32.0 Å². The molecule has 1 fully saturated rings. The smallest absolute Gasteiger partial charge is 0.419 e. The van der Waals surface area contributed by atoms with Crippen LogP contribution in [0.3, 0.4) is 0 Å². The average molecular weight is 627 g/mol. The quantitative estimate of drug-likeness (QED) is 0.346. The molecule has 13 heteroatoms. The summed E-state index contributed by atoms with van der Waals surface area (Å²) in [5, 5.41) is 14.3. The molecule has 5 amide bonds. The lowest BCUT2D eigenvalue weighted by atomic mass is 10.0. The van der Waals surface area contributed by atoms with E-state index >= 15 is 0 Å². The van der Waals surface area contributed by atoms with E-state index in [0.717, 1.165) is 0 Å². The van der Waals surface area contributed by atoms with Gasteiger partial charge in [0.25, 0.3) is 0 Å². The lowest BCUT2D eigenvalue weighted by molar-refractivity contribution is -0.134. The van der Waals surface area contributed by atoms with Crippen molar-refractivity contribution in [1.29, 1.82) is 0 Å². The highest BCUT2D eigenvalue weighted by Gasteiger charge is 2.31. The van der Waals surface area contributed by atoms with E-state index in [1.807, 2.05) is 0 Å². The number of nitrogens with one attached hydrogen (secondary N) is 5. The first-order valence-electron chi connectivity index (χ1n) is 15.4. The maximum Gasteiger partial charge on any atom is 0.419 e. The number of carbonyl (C=O) groups is 6. The van der Waals surface area contributed by atoms with Gasteiger partial charge in [0.15, 0.2) is 0 Å². The van der Waals surface area contributed by atoms with Crippen LogP contribution in [0.25, 0.3) is 10.9 Å². The molecule has 1 aliphatic rings. The Morgan fingerprint density at radius 3 is 2.29 bits per heavy atom. The summed E-state index contributed by atoms with van der Waals surface area (Å²) in [7, 11) is 0. The number of benzene rings is 1. The van der Waals surface area contributed by atoms with Crippen LogP contribution in [0.15, 0.2) is 30.5 Å². The molecule has 1 aliphatic heterocycles. The zero-order valence-corrected chi connectivity index (χ0v) is 27.0. The summed E-state index contributed by atoms with van der Waals surface area (Å²) < 4.78 is 6.95. The monoisotopic (exact) mass is 626 g/mol. The Balaban J connectivity index is 1.95. The predicted octanol–water partition coefficient (Wildman–Crippen LogP) is 1.90. The molecule has 246 valence electrons. The maximum absolute atomic E-state index is 13.8. The lowest BCUT2D eigenvalue weighted by Crippen LogP contribution is -2.58. The van der Waals surface area contributed by atoms with E-state index in [1.54, 1.807) is 65.1 Å². The minimum absolute atomic E-state index is 0.0208. The Hall–Kier alpha value is -4.42. The van der Waals surface area contributed by atoms with Crippen molar-refractivity contribution in [3.05, 3.63) is 36.0 Å². The molecule has 0 radical (unpaired) electrons. The zero-order valence-electron chi connectivity index (χ0n) is 27.0. The standard InChI is InChI=1S/C32H46N6O7/c1-19(2)27-30(43)34-15-10-9-13-25(39)33-16-14-26(40)35-20(3)28(41)36-23(29(42)37-27)17-21-18-38(31(44)45-32(4,5)6)24-12-8-7-11-22(21)24/h7-8,11-12,18-20,23,27H,9-10,13-17H2,1-6H3,(H,33,39)(H,34,43)(H,35,40)(H,36,41)(H,37,42)/t20-,23+,27-/m0/s1. The van der Waals surface area contributed by atoms with Crippen molar-refractivity contribution in [3.63, 3.8) is 0 Å². The molecule has 1 aromatic heterocycles. The van der Waals surface area contributed by atoms with Gasteiger partial charge in [0, 0.05) is 43.9 Å². The number of nitrogens with zero attached hydrogens (tertiary/aromatic N) is 1. The van der Waals surface area contributed by atoms with Crippen molar-refractivity contribution >= 4 is 46.5 Å². The Morgan fingerprint density at radius 1 is 0.889 bits per heavy atom. The van der Waals surface area contributed by atoms with Crippen molar-refractivity contribution in [1.82, 2.24) is 31.2 Å². The first-order chi connectivity index (χ1) is 21.2. The second-order valence-electron chi connectivity index (χ2n) is 12.7. The molecular weight excluding hydrogens is 580 g/mol. The number of hydrogen-bond acceptors (Lipinski definition) is 7. The van der Waals surface area contributed by atoms with Crippen LogP contribution < -0.4 is 26.6 Å². The highest BCUT2D eigenvalue weighted by molar-refractivity contribution is 5.96. The number of para-hydroxylation sites is 1. The van der Waals surface area contributed by atoms with Gasteiger partial charge in [-0.15, -0.1) is 0 Å². The molecule has 0 bridgehead atoms. The Bertz CT molecular complexity index is 1410. The van der Waals surface area contributed by atoms with Crippen molar-refractivity contribution in [2.75, 3.05) is 13.1 Å². The molecule has 3 atom stereocenters. The molecule has 3 rings (SSSR count). The summed E-state index contributed by atoms with van der Waals surface area (Å²) in [5.41, 5.74) is 0.417. The first kappa shape index (κ1) is 35.1. The lowest BCUT2D eigenvalue weighted by Gasteiger charge is -2.26. The van der Waals surface area contributed by atoms with Gasteiger partial charge < -0.3 is 31.3 Å². The van der Waals surface area contributed by atoms with E-state index in [0.29, 0.717) is 35.9 Å². The number of amides is 5. The fourth-order valence-electron chi connectivity index (χ4n) is 4.90. The van der Waals surface area contributed by atoms with Crippen molar-refractivity contribution in [3.8, 4) is 0 Å². The van der Waals surface area contributed by atoms with Gasteiger partial charge in [0.2, 0.25) is 29.5 Å². The van der Waals surface area contributed by atoms with E-state index < -0.39 is 47.5 Å². The summed E-state index contributed by atoms with van der Waals surface area (Å²) >= 11 is 0. The Morgan fingerprint density at radius 2 is 1.60 bits per heavy atom. The minimum atomic E-state index is -1.16. The fraction of sp³-hybridized carbons (Fsp3) is 0.562. The third-order valence-corrected chi connectivity index (χ3v) is 7.26. The summed E-state index contributed by atoms with van der Waals surface area (Å²) in [4.78, 5) is 77.8. The van der Waals surface area contributed by atoms with Crippen LogP contribution in [-0.4, -0.2) is 77.0 Å². The van der Waals surface area contributed by atoms with Gasteiger partial charge in [-0.05, 0) is 58.1 Å². The molecule has 0 saturated carbocycles. The Kier molecular flexibility index (Phi) is 12.1. The Labute approximate surface area is 263 Å². The van der Waals surface area contributed by atoms with Crippen LogP contribution in [0.4, 0.5) is 4.79 Å². The fourth-order valence-corrected chi connectivity index (χ4v) is 4.90. The molecule has 45 heavy (non-hydrogen) atoms. The van der Waals surface area contributed by atoms with Crippen molar-refractivity contribution in [2.24, 2.45) is 5.92 Å². The molecule has 1 aromatic carbocycles. The predicted molar refractivity (Wildman–Crippen MR) is 168 cm³/mol. The number of ether oxygens (including phenoxy) is 1. The van der Waals surface area contributed by atoms with Gasteiger partial charge in [0.1, 0.15) is 23.7 Å². The number of hydrogen-bond donors (Lipinski definition) is 5. The third-order valence-electron chi connectivity index (χ3n) is 7.26. The van der Waals surface area contributed by atoms with Crippen molar-refractivity contribution < 1.29 is 33.5 Å². The van der Waals surface area contributed by atoms with Gasteiger partial charge >= 0.3 is 6.09 Å². The number of carbonyl (C=O) groups excluding carboxylic acids is 6. The van der Waals surface area contributed by atoms with E-state index in [1.165, 1.54) is 11.5 Å². The van der Waals surface area contributed by atoms with Gasteiger partial charge in [-0.3, -0.25) is 28.5 Å². The van der Waals surface area contributed by atoms with Crippen molar-refractivity contribution in [2.45, 2.75) is 97.4 Å². The molecule has 5 N–H and O–H groups in total. The van der Waals surface area contributed by atoms with E-state index in [-0.39, 0.29) is 43.5 Å². The van der Waals surface area contributed by atoms with E-state index in [9.17, 15) is 28.8 Å². The molecule has 0 spiro atoms. The summed E-state index contributed by atoms with van der Waals surface area (Å²) in [6.45, 7) is 10.8. The van der Waals surface area contributed by atoms with Crippen LogP contribution in [0.5, 0.6) is 0 Å². The van der Waals surface area contributed by atoms with Gasteiger partial charge in [-0.2, -0.15) is 0 Å². The van der Waals surface area contributed by atoms with Crippen LogP contribution in [0.2, 0.25) is 0 Å². The number of fused-ring (bicyclic) bond motifs is 1. The zero-order chi connectivity index (χ0) is 33.3. The van der Waals surface area contributed by atoms with E-state index in [4.69, 9.17) is 4.74 Å². The number of aromatic nitrogens is 1. The van der Waals surface area contributed by atoms with Crippen LogP contribution in [0, 0.1) is 5.92 Å². The highest BCUT2D eigenvalue weighted by Crippen LogP contribution is 2.24. The number of rotatable bonds is 3. The SMILES string of the molecule is CC(C)[C@@H]1NC(=O)[C@@H](Cc2cn(C(=O)OC(C)(C)C)c3ccccc23)NC(=O)[C@H](C)NC(=O)CCNC(=O)CCCCNC1=O. The normalized spacial score (nSPS) is 21.8. The summed E-state index contributed by atoms with van der Waals surface area (Å²) in [6, 6.07) is 4.08. The molecule has 0 unspecified atom stereocenters. The molecule has 2 aromatic rings. The van der Waals surface area contributed by atoms with Gasteiger partial charge in [-0.25, -0.2) is 4.79 Å². The largest absolute Gasteiger partial charge is 0.443 e. The first-order valence-corrected chi connectivity index (χ1v) is 15.4. The van der Waals surface area contributed by atoms with E-state index in [2.05, 4.69) is 26.6 Å². The molecule has 13 nitrogen and oxygen atoms in total. The van der Waals surface area contributed by atoms with Crippen LogP contribution in [0.1, 0.15) is 72.8 Å². The minimum Gasteiger partial charge on any atom is -0.443 e. The summed E-state index contributed by atoms with van der Waals surface area (Å²) in [6.07, 6.45) is 2.27.